The van der Waals surface area contributed by atoms with Crippen molar-refractivity contribution >= 4 is 29.3 Å². The Kier molecular flexibility index (Phi) is 9.04. The first-order chi connectivity index (χ1) is 18.1. The van der Waals surface area contributed by atoms with Gasteiger partial charge in [-0.2, -0.15) is 11.8 Å². The molecule has 2 aromatic carbocycles. The molecule has 0 aliphatic carbocycles. The Morgan fingerprint density at radius 3 is 2.59 bits per heavy atom. The SMILES string of the molecule is COC(=O)[C@H](CCSC)NC(=O)c1ccc(-c2ccc(NCc3cncn3Cc3ccccc3)cc2)o1. The van der Waals surface area contributed by atoms with Gasteiger partial charge in [0.05, 0.1) is 25.7 Å². The summed E-state index contributed by atoms with van der Waals surface area (Å²) < 4.78 is 12.7. The van der Waals surface area contributed by atoms with E-state index in [1.807, 2.05) is 61.2 Å². The van der Waals surface area contributed by atoms with E-state index in [1.54, 1.807) is 23.9 Å². The highest BCUT2D eigenvalue weighted by Gasteiger charge is 2.23. The van der Waals surface area contributed by atoms with Crippen LogP contribution in [0.3, 0.4) is 0 Å². The Hall–Kier alpha value is -3.98. The molecular weight excluding hydrogens is 488 g/mol. The molecule has 4 aromatic rings. The second-order valence-corrected chi connectivity index (χ2v) is 9.41. The number of esters is 1. The van der Waals surface area contributed by atoms with Crippen molar-refractivity contribution in [2.75, 3.05) is 24.4 Å². The number of nitrogens with zero attached hydrogens (tertiary/aromatic N) is 2. The minimum atomic E-state index is -0.715. The minimum Gasteiger partial charge on any atom is -0.467 e. The molecule has 0 radical (unpaired) electrons. The Morgan fingerprint density at radius 1 is 1.08 bits per heavy atom. The van der Waals surface area contributed by atoms with Gasteiger partial charge >= 0.3 is 5.97 Å². The van der Waals surface area contributed by atoms with Crippen LogP contribution in [0.1, 0.15) is 28.2 Å². The number of thioether (sulfide) groups is 1. The highest BCUT2D eigenvalue weighted by Crippen LogP contribution is 2.24. The molecule has 0 aliphatic rings. The number of carbonyl (C=O) groups excluding carboxylic acids is 2. The van der Waals surface area contributed by atoms with Crippen molar-refractivity contribution in [1.29, 1.82) is 0 Å². The summed E-state index contributed by atoms with van der Waals surface area (Å²) in [6.45, 7) is 1.40. The quantitative estimate of drug-likeness (QED) is 0.259. The van der Waals surface area contributed by atoms with Gasteiger partial charge in [-0.3, -0.25) is 4.79 Å². The van der Waals surface area contributed by atoms with Crippen LogP contribution in [-0.4, -0.2) is 46.6 Å². The lowest BCUT2D eigenvalue weighted by molar-refractivity contribution is -0.142. The van der Waals surface area contributed by atoms with Crippen molar-refractivity contribution in [3.63, 3.8) is 0 Å². The first kappa shape index (κ1) is 26.1. The fraction of sp³-hybridized carbons (Fsp3) is 0.250. The van der Waals surface area contributed by atoms with E-state index in [-0.39, 0.29) is 5.76 Å². The van der Waals surface area contributed by atoms with Gasteiger partial charge in [0, 0.05) is 24.0 Å². The molecule has 1 atom stereocenters. The van der Waals surface area contributed by atoms with Crippen LogP contribution in [0.5, 0.6) is 0 Å². The number of hydrogen-bond acceptors (Lipinski definition) is 7. The lowest BCUT2D eigenvalue weighted by Gasteiger charge is -2.15. The zero-order valence-electron chi connectivity index (χ0n) is 20.8. The molecule has 1 amide bonds. The van der Waals surface area contributed by atoms with Crippen LogP contribution in [-0.2, 0) is 22.6 Å². The first-order valence-electron chi connectivity index (χ1n) is 11.9. The standard InChI is InChI=1S/C28H30N4O4S/c1-35-28(34)24(14-15-37-2)31-27(33)26-13-12-25(36-26)21-8-10-22(11-9-21)30-17-23-16-29-19-32(23)18-20-6-4-3-5-7-20/h3-13,16,19,24,30H,14-15,17-18H2,1-2H3,(H,31,33)/t24-/m0/s1. The van der Waals surface area contributed by atoms with Gasteiger partial charge in [-0.15, -0.1) is 0 Å². The van der Waals surface area contributed by atoms with Crippen molar-refractivity contribution in [2.24, 2.45) is 0 Å². The summed E-state index contributed by atoms with van der Waals surface area (Å²) >= 11 is 1.59. The van der Waals surface area contributed by atoms with E-state index in [9.17, 15) is 9.59 Å². The van der Waals surface area contributed by atoms with Crippen molar-refractivity contribution < 1.29 is 18.7 Å². The number of benzene rings is 2. The van der Waals surface area contributed by atoms with Gasteiger partial charge in [0.1, 0.15) is 11.8 Å². The number of rotatable bonds is 12. The molecule has 0 spiro atoms. The molecule has 192 valence electrons. The summed E-state index contributed by atoms with van der Waals surface area (Å²) in [5.41, 5.74) is 4.09. The molecule has 8 nitrogen and oxygen atoms in total. The van der Waals surface area contributed by atoms with E-state index in [0.717, 1.165) is 29.2 Å². The number of carbonyl (C=O) groups is 2. The molecule has 2 heterocycles. The summed E-state index contributed by atoms with van der Waals surface area (Å²) in [6, 6.07) is 20.7. The Bertz CT molecular complexity index is 1300. The summed E-state index contributed by atoms with van der Waals surface area (Å²) in [6.07, 6.45) is 6.13. The Labute approximate surface area is 220 Å². The normalized spacial score (nSPS) is 11.6. The second-order valence-electron chi connectivity index (χ2n) is 8.42. The fourth-order valence-corrected chi connectivity index (χ4v) is 4.31. The maximum Gasteiger partial charge on any atom is 0.328 e. The number of furan rings is 1. The smallest absolute Gasteiger partial charge is 0.328 e. The fourth-order valence-electron chi connectivity index (χ4n) is 3.83. The molecular formula is C28H30N4O4S. The number of ether oxygens (including phenoxy) is 1. The van der Waals surface area contributed by atoms with Crippen LogP contribution >= 0.6 is 11.8 Å². The van der Waals surface area contributed by atoms with Gasteiger partial charge in [-0.05, 0) is 60.4 Å². The van der Waals surface area contributed by atoms with Gasteiger partial charge in [0.2, 0.25) is 0 Å². The number of hydrogen-bond donors (Lipinski definition) is 2. The van der Waals surface area contributed by atoms with E-state index >= 15 is 0 Å². The number of aromatic nitrogens is 2. The predicted octanol–water partition coefficient (Wildman–Crippen LogP) is 4.83. The van der Waals surface area contributed by atoms with Crippen LogP contribution < -0.4 is 10.6 Å². The van der Waals surface area contributed by atoms with Gasteiger partial charge in [0.25, 0.3) is 5.91 Å². The van der Waals surface area contributed by atoms with Gasteiger partial charge in [-0.1, -0.05) is 30.3 Å². The number of imidazole rings is 1. The third-order valence-corrected chi connectivity index (χ3v) is 6.51. The topological polar surface area (TPSA) is 98.4 Å². The van der Waals surface area contributed by atoms with Crippen molar-refractivity contribution in [2.45, 2.75) is 25.6 Å². The average molecular weight is 519 g/mol. The number of methoxy groups -OCH3 is 1. The van der Waals surface area contributed by atoms with E-state index in [2.05, 4.69) is 32.3 Å². The molecule has 0 bridgehead atoms. The lowest BCUT2D eigenvalue weighted by atomic mass is 10.1. The molecule has 2 N–H and O–H groups in total. The number of amides is 1. The molecule has 2 aromatic heterocycles. The zero-order valence-corrected chi connectivity index (χ0v) is 21.7. The minimum absolute atomic E-state index is 0.141. The molecule has 37 heavy (non-hydrogen) atoms. The Balaban J connectivity index is 1.35. The second kappa shape index (κ2) is 12.8. The average Bonchev–Trinajstić information content (AvgIpc) is 3.60. The van der Waals surface area contributed by atoms with Crippen LogP contribution in [0.4, 0.5) is 5.69 Å². The van der Waals surface area contributed by atoms with Crippen LogP contribution in [0.15, 0.2) is 83.7 Å². The van der Waals surface area contributed by atoms with E-state index in [0.29, 0.717) is 18.7 Å². The maximum absolute atomic E-state index is 12.6. The van der Waals surface area contributed by atoms with Gasteiger partial charge in [0.15, 0.2) is 5.76 Å². The van der Waals surface area contributed by atoms with Crippen LogP contribution in [0.25, 0.3) is 11.3 Å². The Morgan fingerprint density at radius 2 is 1.86 bits per heavy atom. The summed E-state index contributed by atoms with van der Waals surface area (Å²) in [7, 11) is 1.31. The predicted molar refractivity (Wildman–Crippen MR) is 146 cm³/mol. The number of nitrogens with one attached hydrogen (secondary N) is 2. The molecule has 0 aliphatic heterocycles. The van der Waals surface area contributed by atoms with E-state index < -0.39 is 17.9 Å². The monoisotopic (exact) mass is 518 g/mol. The van der Waals surface area contributed by atoms with Crippen molar-refractivity contribution in [3.05, 3.63) is 96.3 Å². The molecule has 0 unspecified atom stereocenters. The van der Waals surface area contributed by atoms with E-state index in [4.69, 9.17) is 9.15 Å². The van der Waals surface area contributed by atoms with Crippen molar-refractivity contribution in [1.82, 2.24) is 14.9 Å². The maximum atomic E-state index is 12.6. The van der Waals surface area contributed by atoms with Gasteiger partial charge < -0.3 is 24.4 Å². The lowest BCUT2D eigenvalue weighted by Crippen LogP contribution is -2.41. The van der Waals surface area contributed by atoms with Crippen LogP contribution in [0, 0.1) is 0 Å². The molecule has 4 rings (SSSR count). The first-order valence-corrected chi connectivity index (χ1v) is 13.3. The molecule has 0 saturated carbocycles. The van der Waals surface area contributed by atoms with Gasteiger partial charge in [-0.25, -0.2) is 9.78 Å². The summed E-state index contributed by atoms with van der Waals surface area (Å²) in [5, 5.41) is 6.13. The third-order valence-electron chi connectivity index (χ3n) is 5.87. The van der Waals surface area contributed by atoms with Crippen LogP contribution in [0.2, 0.25) is 0 Å². The highest BCUT2D eigenvalue weighted by atomic mass is 32.2. The third kappa shape index (κ3) is 7.04. The number of anilines is 1. The summed E-state index contributed by atoms with van der Waals surface area (Å²) in [5.74, 6) is 0.506. The van der Waals surface area contributed by atoms with E-state index in [1.165, 1.54) is 12.7 Å². The zero-order chi connectivity index (χ0) is 26.0. The van der Waals surface area contributed by atoms with Crippen molar-refractivity contribution in [3.8, 4) is 11.3 Å². The highest BCUT2D eigenvalue weighted by molar-refractivity contribution is 7.98. The molecule has 9 heteroatoms. The molecule has 0 saturated heterocycles. The summed E-state index contributed by atoms with van der Waals surface area (Å²) in [4.78, 5) is 28.9. The largest absolute Gasteiger partial charge is 0.467 e. The molecule has 0 fully saturated rings.